The lowest BCUT2D eigenvalue weighted by molar-refractivity contribution is -0.141. The highest BCUT2D eigenvalue weighted by Crippen LogP contribution is 2.33. The molecule has 2 aromatic carbocycles. The molecule has 0 spiro atoms. The van der Waals surface area contributed by atoms with Crippen molar-refractivity contribution in [2.24, 2.45) is 5.14 Å². The van der Waals surface area contributed by atoms with Gasteiger partial charge in [-0.15, -0.1) is 0 Å². The zero-order valence-electron chi connectivity index (χ0n) is 16.6. The number of halogens is 4. The molecule has 5 nitrogen and oxygen atoms in total. The summed E-state index contributed by atoms with van der Waals surface area (Å²) < 4.78 is 109. The minimum atomic E-state index is -4.92. The van der Waals surface area contributed by atoms with E-state index in [0.717, 1.165) is 24.3 Å². The number of rotatable bonds is 3. The molecule has 2 N–H and O–H groups in total. The number of sulfonamides is 1. The van der Waals surface area contributed by atoms with Crippen LogP contribution in [0.15, 0.2) is 59.4 Å². The van der Waals surface area contributed by atoms with Crippen LogP contribution in [-0.4, -0.2) is 18.2 Å². The minimum absolute atomic E-state index is 0.0341. The highest BCUT2D eigenvalue weighted by Gasteiger charge is 2.35. The Bertz CT molecular complexity index is 1230. The molecule has 0 unspecified atom stereocenters. The van der Waals surface area contributed by atoms with Crippen molar-refractivity contribution < 1.29 is 31.5 Å². The Labute approximate surface area is 151 Å². The van der Waals surface area contributed by atoms with E-state index in [-0.39, 0.29) is 11.3 Å². The second kappa shape index (κ2) is 6.22. The second-order valence-electron chi connectivity index (χ2n) is 5.05. The summed E-state index contributed by atoms with van der Waals surface area (Å²) in [6.45, 7) is 0. The molecule has 0 aliphatic carbocycles. The molecule has 0 bridgehead atoms. The van der Waals surface area contributed by atoms with Crippen molar-refractivity contribution in [1.29, 1.82) is 0 Å². The van der Waals surface area contributed by atoms with Crippen LogP contribution in [0.5, 0.6) is 0 Å². The largest absolute Gasteiger partial charge is 0.435 e. The molecule has 0 atom stereocenters. The van der Waals surface area contributed by atoms with Crippen molar-refractivity contribution in [2.45, 2.75) is 11.1 Å². The van der Waals surface area contributed by atoms with Gasteiger partial charge in [-0.1, -0.05) is 0 Å². The van der Waals surface area contributed by atoms with Gasteiger partial charge < -0.3 is 0 Å². The Kier molecular flexibility index (Phi) is 3.22. The first-order valence-electron chi connectivity index (χ1n) is 8.80. The van der Waals surface area contributed by atoms with E-state index in [2.05, 4.69) is 5.10 Å². The molecular weight excluding hydrogens is 374 g/mol. The molecule has 0 aliphatic rings. The average molecular weight is 389 g/mol. The maximum atomic E-state index is 13.3. The van der Waals surface area contributed by atoms with Gasteiger partial charge in [-0.25, -0.2) is 22.6 Å². The summed E-state index contributed by atoms with van der Waals surface area (Å²) in [6, 6.07) is 0.729. The molecule has 0 saturated carbocycles. The van der Waals surface area contributed by atoms with Crippen LogP contribution in [0.1, 0.15) is 11.2 Å². The van der Waals surface area contributed by atoms with E-state index in [1.54, 1.807) is 0 Å². The molecule has 0 radical (unpaired) electrons. The van der Waals surface area contributed by atoms with Gasteiger partial charge in [-0.3, -0.25) is 0 Å². The summed E-state index contributed by atoms with van der Waals surface area (Å²) in [7, 11) is -4.66. The topological polar surface area (TPSA) is 78.0 Å². The van der Waals surface area contributed by atoms with E-state index in [1.165, 1.54) is 0 Å². The summed E-state index contributed by atoms with van der Waals surface area (Å²) in [4.78, 5) is -1.10. The van der Waals surface area contributed by atoms with Gasteiger partial charge in [0.25, 0.3) is 0 Å². The smallest absolute Gasteiger partial charge is 0.233 e. The predicted molar refractivity (Wildman–Crippen MR) is 85.3 cm³/mol. The van der Waals surface area contributed by atoms with Crippen LogP contribution >= 0.6 is 0 Å². The number of hydrogen-bond donors (Lipinski definition) is 1. The predicted octanol–water partition coefficient (Wildman–Crippen LogP) is 3.34. The number of hydrogen-bond acceptors (Lipinski definition) is 3. The zero-order chi connectivity index (χ0) is 22.6. The molecule has 0 amide bonds. The third-order valence-electron chi connectivity index (χ3n) is 3.22. The van der Waals surface area contributed by atoms with Gasteiger partial charge in [-0.05, 0) is 54.5 Å². The van der Waals surface area contributed by atoms with E-state index in [9.17, 15) is 26.0 Å². The molecule has 10 heteroatoms. The monoisotopic (exact) mass is 389 g/mol. The zero-order valence-corrected chi connectivity index (χ0v) is 13.4. The fourth-order valence-corrected chi connectivity index (χ4v) is 2.45. The summed E-state index contributed by atoms with van der Waals surface area (Å²) in [5.41, 5.74) is -2.42. The van der Waals surface area contributed by atoms with E-state index in [4.69, 9.17) is 10.6 Å². The Hall–Kier alpha value is -2.72. The minimum Gasteiger partial charge on any atom is -0.233 e. The molecule has 0 aliphatic heterocycles. The fraction of sp³-hybridized carbons (Fsp3) is 0.0625. The van der Waals surface area contributed by atoms with Gasteiger partial charge in [0.2, 0.25) is 10.0 Å². The highest BCUT2D eigenvalue weighted by molar-refractivity contribution is 7.89. The third-order valence-corrected chi connectivity index (χ3v) is 4.00. The lowest BCUT2D eigenvalue weighted by Crippen LogP contribution is -2.12. The van der Waals surface area contributed by atoms with E-state index in [0.29, 0.717) is 10.7 Å². The summed E-state index contributed by atoms with van der Waals surface area (Å²) >= 11 is 0. The molecule has 3 aromatic rings. The first kappa shape index (κ1) is 13.5. The Morgan fingerprint density at radius 2 is 1.65 bits per heavy atom. The Balaban J connectivity index is 2.41. The lowest BCUT2D eigenvalue weighted by Gasteiger charge is -2.08. The highest BCUT2D eigenvalue weighted by atomic mass is 32.2. The summed E-state index contributed by atoms with van der Waals surface area (Å²) in [5, 5.41) is 8.30. The summed E-state index contributed by atoms with van der Waals surface area (Å²) in [6.07, 6.45) is -4.92. The maximum absolute atomic E-state index is 13.3. The van der Waals surface area contributed by atoms with Gasteiger partial charge in [0.05, 0.1) is 21.8 Å². The van der Waals surface area contributed by atoms with E-state index >= 15 is 0 Å². The van der Waals surface area contributed by atoms with E-state index < -0.39 is 62.5 Å². The third kappa shape index (κ3) is 3.60. The average Bonchev–Trinajstić information content (AvgIpc) is 3.05. The van der Waals surface area contributed by atoms with Crippen molar-refractivity contribution >= 4 is 10.0 Å². The molecule has 136 valence electrons. The van der Waals surface area contributed by atoms with Crippen molar-refractivity contribution in [1.82, 2.24) is 9.78 Å². The van der Waals surface area contributed by atoms with Crippen LogP contribution in [0, 0.1) is 5.82 Å². The van der Waals surface area contributed by atoms with Crippen LogP contribution in [-0.2, 0) is 16.2 Å². The van der Waals surface area contributed by atoms with E-state index in [1.807, 2.05) is 0 Å². The molecule has 1 heterocycles. The Morgan fingerprint density at radius 3 is 2.15 bits per heavy atom. The molecule has 1 aromatic heterocycles. The summed E-state index contributed by atoms with van der Waals surface area (Å²) in [5.74, 6) is -0.664. The van der Waals surface area contributed by atoms with Crippen LogP contribution in [0.2, 0.25) is 0 Å². The van der Waals surface area contributed by atoms with Gasteiger partial charge in [0.15, 0.2) is 5.69 Å². The maximum Gasteiger partial charge on any atom is 0.435 e. The lowest BCUT2D eigenvalue weighted by atomic mass is 10.1. The van der Waals surface area contributed by atoms with Crippen molar-refractivity contribution in [2.75, 3.05) is 0 Å². The number of nitrogens with two attached hydrogens (primary N) is 1. The molecular formula is C16H11F4N3O2S. The normalized spacial score (nSPS) is 14.5. The van der Waals surface area contributed by atoms with Gasteiger partial charge in [0.1, 0.15) is 5.82 Å². The molecule has 26 heavy (non-hydrogen) atoms. The van der Waals surface area contributed by atoms with Crippen LogP contribution in [0.4, 0.5) is 17.6 Å². The first-order valence-corrected chi connectivity index (χ1v) is 8.34. The van der Waals surface area contributed by atoms with Gasteiger partial charge in [0, 0.05) is 5.56 Å². The number of nitrogens with zero attached hydrogens (tertiary/aromatic N) is 2. The molecule has 0 saturated heterocycles. The van der Waals surface area contributed by atoms with Crippen LogP contribution in [0.3, 0.4) is 0 Å². The SMILES string of the molecule is [2H]c1c([2H])c(S(N)(=O)=O)c([2H])c([2H])c1-n1nc(C(F)(F)F)cc1-c1ccc(F)cc1. The van der Waals surface area contributed by atoms with Crippen LogP contribution in [0.25, 0.3) is 16.9 Å². The number of alkyl halides is 3. The van der Waals surface area contributed by atoms with Crippen molar-refractivity contribution in [3.8, 4) is 16.9 Å². The van der Waals surface area contributed by atoms with Crippen LogP contribution < -0.4 is 5.14 Å². The number of aromatic nitrogens is 2. The van der Waals surface area contributed by atoms with Gasteiger partial charge >= 0.3 is 6.18 Å². The quantitative estimate of drug-likeness (QED) is 0.698. The molecule has 3 rings (SSSR count). The van der Waals surface area contributed by atoms with Crippen molar-refractivity contribution in [3.63, 3.8) is 0 Å². The number of benzene rings is 2. The molecule has 0 fully saturated rings. The standard InChI is InChI=1S/C16H11F4N3O2S/c17-11-3-1-10(2-4-11)14-9-15(16(18,19)20)22-23(14)12-5-7-13(8-6-12)26(21,24)25/h1-9H,(H2,21,24,25)/i5D,6D,7D,8D. The second-order valence-corrected chi connectivity index (χ2v) is 6.55. The van der Waals surface area contributed by atoms with Gasteiger partial charge in [-0.2, -0.15) is 18.3 Å². The van der Waals surface area contributed by atoms with Crippen molar-refractivity contribution in [3.05, 3.63) is 66.0 Å². The number of primary sulfonamides is 1. The first-order chi connectivity index (χ1) is 13.7. The Morgan fingerprint density at radius 1 is 1.08 bits per heavy atom. The fourth-order valence-electron chi connectivity index (χ4n) is 2.06.